The van der Waals surface area contributed by atoms with Crippen LogP contribution in [0.5, 0.6) is 0 Å². The van der Waals surface area contributed by atoms with Crippen LogP contribution < -0.4 is 5.32 Å². The lowest BCUT2D eigenvalue weighted by molar-refractivity contribution is 0.0691. The fourth-order valence-corrected chi connectivity index (χ4v) is 2.51. The maximum absolute atomic E-state index is 11.8. The minimum Gasteiger partial charge on any atom is -0.476 e. The van der Waals surface area contributed by atoms with E-state index in [9.17, 15) is 9.59 Å². The van der Waals surface area contributed by atoms with Gasteiger partial charge in [-0.3, -0.25) is 0 Å². The van der Waals surface area contributed by atoms with Crippen molar-refractivity contribution in [3.8, 4) is 0 Å². The maximum Gasteiger partial charge on any atom is 0.355 e. The van der Waals surface area contributed by atoms with Crippen LogP contribution in [0.25, 0.3) is 0 Å². The third-order valence-electron chi connectivity index (χ3n) is 2.73. The van der Waals surface area contributed by atoms with Crippen LogP contribution >= 0.6 is 11.3 Å². The van der Waals surface area contributed by atoms with E-state index in [1.807, 2.05) is 6.08 Å². The van der Waals surface area contributed by atoms with Gasteiger partial charge in [0.1, 0.15) is 0 Å². The first-order chi connectivity index (χ1) is 9.16. The number of nitrogens with one attached hydrogen (secondary N) is 1. The highest BCUT2D eigenvalue weighted by molar-refractivity contribution is 7.09. The van der Waals surface area contributed by atoms with Gasteiger partial charge < -0.3 is 15.3 Å². The number of hydrogen-bond acceptors (Lipinski definition) is 4. The molecule has 1 aromatic rings. The van der Waals surface area contributed by atoms with Crippen LogP contribution in [-0.4, -0.2) is 46.6 Å². The molecule has 2 amide bonds. The van der Waals surface area contributed by atoms with Gasteiger partial charge in [-0.25, -0.2) is 14.6 Å². The topological polar surface area (TPSA) is 82.5 Å². The zero-order valence-corrected chi connectivity index (χ0v) is 11.2. The number of nitrogens with zero attached hydrogens (tertiary/aromatic N) is 2. The van der Waals surface area contributed by atoms with Crippen molar-refractivity contribution in [3.63, 3.8) is 0 Å². The number of carboxylic acid groups (broad SMARTS) is 1. The van der Waals surface area contributed by atoms with Crippen LogP contribution in [0, 0.1) is 0 Å². The van der Waals surface area contributed by atoms with Gasteiger partial charge in [0.25, 0.3) is 0 Å². The van der Waals surface area contributed by atoms with Crippen LogP contribution in [-0.2, 0) is 6.42 Å². The normalized spacial score (nSPS) is 14.4. The lowest BCUT2D eigenvalue weighted by atomic mass is 10.3. The third kappa shape index (κ3) is 3.78. The molecule has 0 spiro atoms. The fraction of sp³-hybridized carbons (Fsp3) is 0.417. The molecule has 1 aliphatic heterocycles. The van der Waals surface area contributed by atoms with Gasteiger partial charge >= 0.3 is 12.0 Å². The van der Waals surface area contributed by atoms with Crippen molar-refractivity contribution in [2.24, 2.45) is 0 Å². The highest BCUT2D eigenvalue weighted by Gasteiger charge is 2.13. The van der Waals surface area contributed by atoms with E-state index in [4.69, 9.17) is 5.11 Å². The molecule has 102 valence electrons. The van der Waals surface area contributed by atoms with E-state index in [2.05, 4.69) is 16.4 Å². The summed E-state index contributed by atoms with van der Waals surface area (Å²) in [5.41, 5.74) is 0.0625. The second-order valence-corrected chi connectivity index (χ2v) is 5.06. The second-order valence-electron chi connectivity index (χ2n) is 4.12. The van der Waals surface area contributed by atoms with Gasteiger partial charge in [-0.1, -0.05) is 12.2 Å². The van der Waals surface area contributed by atoms with Gasteiger partial charge in [0.05, 0.1) is 5.01 Å². The molecule has 1 aromatic heterocycles. The Hall–Kier alpha value is -1.89. The van der Waals surface area contributed by atoms with E-state index in [-0.39, 0.29) is 11.7 Å². The van der Waals surface area contributed by atoms with Crippen LogP contribution in [0.1, 0.15) is 21.9 Å². The highest BCUT2D eigenvalue weighted by Crippen LogP contribution is 2.10. The molecule has 0 atom stereocenters. The van der Waals surface area contributed by atoms with Crippen molar-refractivity contribution >= 4 is 23.3 Å². The zero-order valence-electron chi connectivity index (χ0n) is 10.3. The van der Waals surface area contributed by atoms with Gasteiger partial charge in [0.2, 0.25) is 0 Å². The molecule has 0 unspecified atom stereocenters. The summed E-state index contributed by atoms with van der Waals surface area (Å²) >= 11 is 1.30. The molecule has 1 aliphatic rings. The molecule has 0 aliphatic carbocycles. The van der Waals surface area contributed by atoms with E-state index < -0.39 is 5.97 Å². The van der Waals surface area contributed by atoms with Crippen molar-refractivity contribution in [2.45, 2.75) is 12.8 Å². The minimum absolute atomic E-state index is 0.0625. The summed E-state index contributed by atoms with van der Waals surface area (Å²) in [6.07, 6.45) is 5.48. The molecule has 7 heteroatoms. The highest BCUT2D eigenvalue weighted by atomic mass is 32.1. The smallest absolute Gasteiger partial charge is 0.355 e. The number of thiazole rings is 1. The van der Waals surface area contributed by atoms with Gasteiger partial charge in [-0.05, 0) is 6.42 Å². The quantitative estimate of drug-likeness (QED) is 0.816. The van der Waals surface area contributed by atoms with Crippen molar-refractivity contribution in [2.75, 3.05) is 19.6 Å². The van der Waals surface area contributed by atoms with Crippen molar-refractivity contribution in [1.82, 2.24) is 15.2 Å². The van der Waals surface area contributed by atoms with Crippen LogP contribution in [0.15, 0.2) is 17.5 Å². The van der Waals surface area contributed by atoms with Gasteiger partial charge in [0.15, 0.2) is 5.69 Å². The van der Waals surface area contributed by atoms with Crippen molar-refractivity contribution in [1.29, 1.82) is 0 Å². The molecule has 2 rings (SSSR count). The standard InChI is InChI=1S/C12H15N3O3S/c16-11(17)9-8-19-10(14-9)4-5-13-12(18)15-6-2-1-3-7-15/h1-2,8H,3-7H2,(H,13,18)(H,16,17). The number of carbonyl (C=O) groups is 2. The fourth-order valence-electron chi connectivity index (χ4n) is 1.74. The Morgan fingerprint density at radius 1 is 1.47 bits per heavy atom. The summed E-state index contributed by atoms with van der Waals surface area (Å²) in [6.45, 7) is 1.85. The first kappa shape index (κ1) is 13.5. The van der Waals surface area contributed by atoms with E-state index in [1.54, 1.807) is 4.90 Å². The summed E-state index contributed by atoms with van der Waals surface area (Å²) in [4.78, 5) is 28.1. The Morgan fingerprint density at radius 3 is 2.95 bits per heavy atom. The molecule has 2 heterocycles. The Kier molecular flexibility index (Phi) is 4.51. The molecule has 0 saturated carbocycles. The monoisotopic (exact) mass is 281 g/mol. The number of hydrogen-bond donors (Lipinski definition) is 2. The lowest BCUT2D eigenvalue weighted by Crippen LogP contribution is -2.42. The number of aromatic nitrogens is 1. The molecule has 0 radical (unpaired) electrons. The summed E-state index contributed by atoms with van der Waals surface area (Å²) in [6, 6.07) is -0.0839. The Balaban J connectivity index is 1.74. The Morgan fingerprint density at radius 2 is 2.32 bits per heavy atom. The number of amides is 2. The van der Waals surface area contributed by atoms with Crippen LogP contribution in [0.2, 0.25) is 0 Å². The largest absolute Gasteiger partial charge is 0.476 e. The molecule has 0 aromatic carbocycles. The second kappa shape index (κ2) is 6.33. The average Bonchev–Trinajstić information content (AvgIpc) is 2.89. The molecule has 19 heavy (non-hydrogen) atoms. The van der Waals surface area contributed by atoms with Crippen LogP contribution in [0.3, 0.4) is 0 Å². The first-order valence-electron chi connectivity index (χ1n) is 6.02. The lowest BCUT2D eigenvalue weighted by Gasteiger charge is -2.23. The third-order valence-corrected chi connectivity index (χ3v) is 3.64. The average molecular weight is 281 g/mol. The SMILES string of the molecule is O=C(O)c1csc(CCNC(=O)N2CC=CCC2)n1. The summed E-state index contributed by atoms with van der Waals surface area (Å²) in [5.74, 6) is -1.02. The van der Waals surface area contributed by atoms with Crippen LogP contribution in [0.4, 0.5) is 4.79 Å². The summed E-state index contributed by atoms with van der Waals surface area (Å²) in [7, 11) is 0. The van der Waals surface area contributed by atoms with Gasteiger partial charge in [-0.15, -0.1) is 11.3 Å². The predicted octanol–water partition coefficient (Wildman–Crippen LogP) is 1.36. The molecule has 0 saturated heterocycles. The predicted molar refractivity (Wildman–Crippen MR) is 71.5 cm³/mol. The number of aromatic carboxylic acids is 1. The molecule has 0 bridgehead atoms. The van der Waals surface area contributed by atoms with E-state index in [0.717, 1.165) is 18.0 Å². The van der Waals surface area contributed by atoms with E-state index in [0.29, 0.717) is 19.5 Å². The Labute approximate surface area is 114 Å². The van der Waals surface area contributed by atoms with Gasteiger partial charge in [0, 0.05) is 31.4 Å². The number of rotatable bonds is 4. The maximum atomic E-state index is 11.8. The zero-order chi connectivity index (χ0) is 13.7. The summed E-state index contributed by atoms with van der Waals surface area (Å²) in [5, 5.41) is 13.8. The first-order valence-corrected chi connectivity index (χ1v) is 6.90. The molecule has 6 nitrogen and oxygen atoms in total. The number of urea groups is 1. The van der Waals surface area contributed by atoms with Gasteiger partial charge in [-0.2, -0.15) is 0 Å². The minimum atomic E-state index is -1.02. The van der Waals surface area contributed by atoms with E-state index in [1.165, 1.54) is 16.7 Å². The van der Waals surface area contributed by atoms with E-state index >= 15 is 0 Å². The number of carboxylic acids is 1. The van der Waals surface area contributed by atoms with Crippen molar-refractivity contribution in [3.05, 3.63) is 28.2 Å². The Bertz CT molecular complexity index is 498. The molecular weight excluding hydrogens is 266 g/mol. The molecular formula is C12H15N3O3S. The molecule has 2 N–H and O–H groups in total. The summed E-state index contributed by atoms with van der Waals surface area (Å²) < 4.78 is 0. The molecule has 0 fully saturated rings. The van der Waals surface area contributed by atoms with Crippen molar-refractivity contribution < 1.29 is 14.7 Å². The number of carbonyl (C=O) groups excluding carboxylic acids is 1.